The van der Waals surface area contributed by atoms with Crippen LogP contribution in [0, 0.1) is 0 Å². The highest BCUT2D eigenvalue weighted by Crippen LogP contribution is 2.22. The lowest BCUT2D eigenvalue weighted by Crippen LogP contribution is -2.13. The fourth-order valence-electron chi connectivity index (χ4n) is 1.38. The predicted molar refractivity (Wildman–Crippen MR) is 50.9 cm³/mol. The predicted octanol–water partition coefficient (Wildman–Crippen LogP) is 2.58. The molecule has 0 aromatic heterocycles. The van der Waals surface area contributed by atoms with Crippen molar-refractivity contribution in [3.63, 3.8) is 0 Å². The second-order valence-electron chi connectivity index (χ2n) is 3.42. The molecule has 1 atom stereocenters. The van der Waals surface area contributed by atoms with Crippen molar-refractivity contribution in [1.82, 2.24) is 0 Å². The van der Waals surface area contributed by atoms with Crippen LogP contribution >= 0.6 is 0 Å². The number of allylic oxidation sites excluding steroid dienone is 1. The quantitative estimate of drug-likeness (QED) is 0.466. The Kier molecular flexibility index (Phi) is 3.33. The highest BCUT2D eigenvalue weighted by molar-refractivity contribution is 5.17. The molecule has 0 saturated heterocycles. The Morgan fingerprint density at radius 3 is 3.00 bits per heavy atom. The van der Waals surface area contributed by atoms with Gasteiger partial charge in [-0.15, -0.1) is 5.73 Å². The Bertz CT molecular complexity index is 231. The summed E-state index contributed by atoms with van der Waals surface area (Å²) >= 11 is 0. The highest BCUT2D eigenvalue weighted by atomic mass is 16.3. The van der Waals surface area contributed by atoms with Crippen LogP contribution in [0.25, 0.3) is 0 Å². The molecular formula is C11H16O. The van der Waals surface area contributed by atoms with Crippen LogP contribution in [0.3, 0.4) is 0 Å². The van der Waals surface area contributed by atoms with Crippen LogP contribution in [0.2, 0.25) is 0 Å². The molecule has 0 bridgehead atoms. The Balaban J connectivity index is 2.71. The lowest BCUT2D eigenvalue weighted by atomic mass is 9.93. The van der Waals surface area contributed by atoms with E-state index in [-0.39, 0.29) is 6.10 Å². The molecular weight excluding hydrogens is 148 g/mol. The van der Waals surface area contributed by atoms with Crippen molar-refractivity contribution in [2.24, 2.45) is 0 Å². The van der Waals surface area contributed by atoms with Gasteiger partial charge in [-0.2, -0.15) is 0 Å². The van der Waals surface area contributed by atoms with Gasteiger partial charge in [-0.1, -0.05) is 18.6 Å². The average Bonchev–Trinajstić information content (AvgIpc) is 2.03. The van der Waals surface area contributed by atoms with E-state index in [4.69, 9.17) is 0 Å². The third kappa shape index (κ3) is 2.69. The summed E-state index contributed by atoms with van der Waals surface area (Å²) in [6.07, 6.45) is 5.80. The minimum atomic E-state index is -0.255. The highest BCUT2D eigenvalue weighted by Gasteiger charge is 2.14. The molecule has 0 aromatic rings. The van der Waals surface area contributed by atoms with Crippen LogP contribution in [0.15, 0.2) is 29.5 Å². The van der Waals surface area contributed by atoms with Crippen LogP contribution in [-0.2, 0) is 0 Å². The maximum Gasteiger partial charge on any atom is 0.0823 e. The molecule has 0 aromatic carbocycles. The van der Waals surface area contributed by atoms with Crippen molar-refractivity contribution in [3.05, 3.63) is 29.5 Å². The summed E-state index contributed by atoms with van der Waals surface area (Å²) < 4.78 is 0. The van der Waals surface area contributed by atoms with Crippen molar-refractivity contribution in [1.29, 1.82) is 0 Å². The summed E-state index contributed by atoms with van der Waals surface area (Å²) in [4.78, 5) is 0. The molecule has 0 radical (unpaired) electrons. The number of aliphatic hydroxyl groups excluding tert-OH is 1. The molecule has 1 nitrogen and oxygen atoms in total. The van der Waals surface area contributed by atoms with Crippen LogP contribution < -0.4 is 0 Å². The molecule has 0 heterocycles. The zero-order chi connectivity index (χ0) is 8.97. The standard InChI is InChI=1S/C11H16O/c1-9(2)7-8-10-5-3-4-6-11(10)12/h7,11-12H,1,3-6H2,2H3. The second-order valence-corrected chi connectivity index (χ2v) is 3.42. The van der Waals surface area contributed by atoms with Crippen molar-refractivity contribution in [3.8, 4) is 0 Å². The van der Waals surface area contributed by atoms with E-state index in [2.05, 4.69) is 12.3 Å². The number of rotatable bonds is 1. The van der Waals surface area contributed by atoms with Gasteiger partial charge in [0.15, 0.2) is 0 Å². The topological polar surface area (TPSA) is 20.2 Å². The Morgan fingerprint density at radius 2 is 2.42 bits per heavy atom. The lowest BCUT2D eigenvalue weighted by molar-refractivity contribution is 0.179. The fraction of sp³-hybridized carbons (Fsp3) is 0.545. The van der Waals surface area contributed by atoms with Gasteiger partial charge in [0.25, 0.3) is 0 Å². The van der Waals surface area contributed by atoms with E-state index in [9.17, 15) is 5.11 Å². The zero-order valence-corrected chi connectivity index (χ0v) is 7.64. The molecule has 1 rings (SSSR count). The Labute approximate surface area is 74.1 Å². The normalized spacial score (nSPS) is 23.2. The number of hydrogen-bond acceptors (Lipinski definition) is 1. The molecule has 1 N–H and O–H groups in total. The van der Waals surface area contributed by atoms with Gasteiger partial charge in [-0.05, 0) is 32.3 Å². The number of hydrogen-bond donors (Lipinski definition) is 1. The molecule has 12 heavy (non-hydrogen) atoms. The second kappa shape index (κ2) is 4.30. The van der Waals surface area contributed by atoms with Crippen molar-refractivity contribution < 1.29 is 5.11 Å². The first-order valence-corrected chi connectivity index (χ1v) is 4.49. The van der Waals surface area contributed by atoms with E-state index >= 15 is 0 Å². The SMILES string of the molecule is C=C(C)C=C=C1CCCCC1O. The smallest absolute Gasteiger partial charge is 0.0823 e. The van der Waals surface area contributed by atoms with E-state index in [1.165, 1.54) is 6.42 Å². The maximum atomic E-state index is 9.53. The van der Waals surface area contributed by atoms with Gasteiger partial charge >= 0.3 is 0 Å². The first kappa shape index (κ1) is 9.31. The van der Waals surface area contributed by atoms with Gasteiger partial charge in [0.2, 0.25) is 0 Å². The van der Waals surface area contributed by atoms with Gasteiger partial charge in [-0.3, -0.25) is 0 Å². The third-order valence-electron chi connectivity index (χ3n) is 2.08. The zero-order valence-electron chi connectivity index (χ0n) is 7.64. The van der Waals surface area contributed by atoms with E-state index in [0.717, 1.165) is 30.4 Å². The largest absolute Gasteiger partial charge is 0.388 e. The summed E-state index contributed by atoms with van der Waals surface area (Å²) in [5, 5.41) is 9.53. The summed E-state index contributed by atoms with van der Waals surface area (Å²) in [6, 6.07) is 0. The molecule has 0 spiro atoms. The molecule has 1 fully saturated rings. The van der Waals surface area contributed by atoms with E-state index in [0.29, 0.717) is 0 Å². The van der Waals surface area contributed by atoms with Gasteiger partial charge in [0.05, 0.1) is 6.10 Å². The molecule has 1 aliphatic carbocycles. The lowest BCUT2D eigenvalue weighted by Gasteiger charge is -2.18. The minimum Gasteiger partial charge on any atom is -0.388 e. The van der Waals surface area contributed by atoms with E-state index < -0.39 is 0 Å². The fourth-order valence-corrected chi connectivity index (χ4v) is 1.38. The van der Waals surface area contributed by atoms with Gasteiger partial charge in [0, 0.05) is 5.57 Å². The molecule has 0 aliphatic heterocycles. The van der Waals surface area contributed by atoms with Crippen LogP contribution in [-0.4, -0.2) is 11.2 Å². The summed E-state index contributed by atoms with van der Waals surface area (Å²) in [5.74, 6) is 0. The van der Waals surface area contributed by atoms with Gasteiger partial charge < -0.3 is 5.11 Å². The Morgan fingerprint density at radius 1 is 1.67 bits per heavy atom. The van der Waals surface area contributed by atoms with Crippen molar-refractivity contribution in [2.75, 3.05) is 0 Å². The molecule has 0 amide bonds. The maximum absolute atomic E-state index is 9.53. The van der Waals surface area contributed by atoms with Crippen molar-refractivity contribution >= 4 is 0 Å². The third-order valence-corrected chi connectivity index (χ3v) is 2.08. The van der Waals surface area contributed by atoms with Gasteiger partial charge in [0.1, 0.15) is 0 Å². The molecule has 1 saturated carbocycles. The van der Waals surface area contributed by atoms with Crippen molar-refractivity contribution in [2.45, 2.75) is 38.7 Å². The Hall–Kier alpha value is -0.780. The number of aliphatic hydroxyl groups is 1. The molecule has 1 heteroatoms. The van der Waals surface area contributed by atoms with Crippen LogP contribution in [0.4, 0.5) is 0 Å². The first-order valence-electron chi connectivity index (χ1n) is 4.49. The monoisotopic (exact) mass is 164 g/mol. The summed E-state index contributed by atoms with van der Waals surface area (Å²) in [7, 11) is 0. The summed E-state index contributed by atoms with van der Waals surface area (Å²) in [6.45, 7) is 5.68. The molecule has 1 unspecified atom stereocenters. The molecule has 66 valence electrons. The van der Waals surface area contributed by atoms with Crippen LogP contribution in [0.5, 0.6) is 0 Å². The van der Waals surface area contributed by atoms with Crippen LogP contribution in [0.1, 0.15) is 32.6 Å². The van der Waals surface area contributed by atoms with Gasteiger partial charge in [-0.25, -0.2) is 0 Å². The van der Waals surface area contributed by atoms with E-state index in [1.54, 1.807) is 0 Å². The minimum absolute atomic E-state index is 0.255. The molecule has 1 aliphatic rings. The average molecular weight is 164 g/mol. The van der Waals surface area contributed by atoms with E-state index in [1.807, 2.05) is 13.0 Å². The summed E-state index contributed by atoms with van der Waals surface area (Å²) in [5.41, 5.74) is 5.14. The first-order chi connectivity index (χ1) is 5.70.